The highest BCUT2D eigenvalue weighted by molar-refractivity contribution is 5.20. The number of allylic oxidation sites excluding steroid dienone is 1. The van der Waals surface area contributed by atoms with Crippen molar-refractivity contribution < 1.29 is 5.11 Å². The third-order valence-electron chi connectivity index (χ3n) is 4.25. The fraction of sp³-hybridized carbons (Fsp3) is 0.562. The van der Waals surface area contributed by atoms with E-state index in [4.69, 9.17) is 0 Å². The van der Waals surface area contributed by atoms with E-state index in [9.17, 15) is 9.90 Å². The summed E-state index contributed by atoms with van der Waals surface area (Å²) in [4.78, 5) is 16.3. The average molecular weight is 291 g/mol. The van der Waals surface area contributed by atoms with Gasteiger partial charge < -0.3 is 14.6 Å². The minimum absolute atomic E-state index is 0.206. The Hall–Kier alpha value is -1.59. The van der Waals surface area contributed by atoms with Gasteiger partial charge in [-0.15, -0.1) is 6.58 Å². The predicted molar refractivity (Wildman–Crippen MR) is 84.5 cm³/mol. The Morgan fingerprint density at radius 2 is 2.14 bits per heavy atom. The second-order valence-corrected chi connectivity index (χ2v) is 5.90. The molecule has 1 saturated heterocycles. The molecule has 0 saturated carbocycles. The predicted octanol–water partition coefficient (Wildman–Crippen LogP) is 1.27. The summed E-state index contributed by atoms with van der Waals surface area (Å²) in [5.41, 5.74) is 0.598. The first-order valence-corrected chi connectivity index (χ1v) is 7.43. The van der Waals surface area contributed by atoms with Gasteiger partial charge in [0.15, 0.2) is 5.75 Å². The summed E-state index contributed by atoms with van der Waals surface area (Å²) in [6.07, 6.45) is 5.57. The lowest BCUT2D eigenvalue weighted by Crippen LogP contribution is -2.42. The van der Waals surface area contributed by atoms with Crippen molar-refractivity contribution in [3.8, 4) is 5.75 Å². The van der Waals surface area contributed by atoms with Crippen LogP contribution in [0.3, 0.4) is 0 Å². The molecule has 2 heterocycles. The lowest BCUT2D eigenvalue weighted by molar-refractivity contribution is 0.137. The maximum absolute atomic E-state index is 11.7. The summed E-state index contributed by atoms with van der Waals surface area (Å²) >= 11 is 0. The molecule has 2 rings (SSSR count). The fourth-order valence-corrected chi connectivity index (χ4v) is 2.87. The van der Waals surface area contributed by atoms with Crippen molar-refractivity contribution >= 4 is 0 Å². The molecular weight excluding hydrogens is 266 g/mol. The largest absolute Gasteiger partial charge is 0.503 e. The first-order valence-electron chi connectivity index (χ1n) is 7.43. The molecule has 0 spiro atoms. The van der Waals surface area contributed by atoms with Gasteiger partial charge in [-0.05, 0) is 40.0 Å². The minimum atomic E-state index is -0.318. The Morgan fingerprint density at radius 3 is 2.76 bits per heavy atom. The van der Waals surface area contributed by atoms with Crippen LogP contribution in [-0.4, -0.2) is 52.7 Å². The normalized spacial score (nSPS) is 17.3. The maximum Gasteiger partial charge on any atom is 0.223 e. The first-order chi connectivity index (χ1) is 10.0. The van der Waals surface area contributed by atoms with Crippen molar-refractivity contribution in [3.05, 3.63) is 40.8 Å². The molecule has 1 aliphatic heterocycles. The van der Waals surface area contributed by atoms with Crippen LogP contribution in [-0.2, 0) is 13.1 Å². The van der Waals surface area contributed by atoms with Crippen LogP contribution in [0.4, 0.5) is 0 Å². The molecule has 1 fully saturated rings. The number of likely N-dealkylation sites (tertiary alicyclic amines) is 1. The molecule has 0 amide bonds. The van der Waals surface area contributed by atoms with E-state index in [1.807, 2.05) is 4.57 Å². The maximum atomic E-state index is 11.7. The zero-order valence-corrected chi connectivity index (χ0v) is 13.0. The van der Waals surface area contributed by atoms with Gasteiger partial charge >= 0.3 is 0 Å². The van der Waals surface area contributed by atoms with Crippen LogP contribution in [0.2, 0.25) is 0 Å². The molecule has 1 aliphatic rings. The van der Waals surface area contributed by atoms with Crippen LogP contribution >= 0.6 is 0 Å². The van der Waals surface area contributed by atoms with Crippen LogP contribution in [0.5, 0.6) is 5.75 Å². The van der Waals surface area contributed by atoms with Gasteiger partial charge in [0, 0.05) is 30.9 Å². The summed E-state index contributed by atoms with van der Waals surface area (Å²) in [7, 11) is 4.25. The Morgan fingerprint density at radius 1 is 1.48 bits per heavy atom. The van der Waals surface area contributed by atoms with Crippen molar-refractivity contribution in [2.24, 2.45) is 0 Å². The molecular formula is C16H25N3O2. The highest BCUT2D eigenvalue weighted by atomic mass is 16.3. The van der Waals surface area contributed by atoms with Crippen molar-refractivity contribution in [1.82, 2.24) is 14.4 Å². The Balaban J connectivity index is 2.12. The second-order valence-electron chi connectivity index (χ2n) is 5.90. The number of aromatic hydroxyl groups is 1. The Bertz CT molecular complexity index is 545. The van der Waals surface area contributed by atoms with E-state index >= 15 is 0 Å². The van der Waals surface area contributed by atoms with Crippen molar-refractivity contribution in [3.63, 3.8) is 0 Å². The average Bonchev–Trinajstić information content (AvgIpc) is 2.45. The molecule has 0 bridgehead atoms. The van der Waals surface area contributed by atoms with Crippen molar-refractivity contribution in [1.29, 1.82) is 0 Å². The van der Waals surface area contributed by atoms with Crippen LogP contribution in [0.15, 0.2) is 29.7 Å². The van der Waals surface area contributed by atoms with Gasteiger partial charge in [0.2, 0.25) is 5.43 Å². The Labute approximate surface area is 126 Å². The third-order valence-corrected chi connectivity index (χ3v) is 4.25. The van der Waals surface area contributed by atoms with Crippen LogP contribution in [0.1, 0.15) is 18.5 Å². The number of rotatable bonds is 5. The van der Waals surface area contributed by atoms with Crippen molar-refractivity contribution in [2.75, 3.05) is 27.2 Å². The monoisotopic (exact) mass is 291 g/mol. The van der Waals surface area contributed by atoms with Gasteiger partial charge in [-0.1, -0.05) is 6.08 Å². The summed E-state index contributed by atoms with van der Waals surface area (Å²) in [5, 5.41) is 9.58. The number of pyridine rings is 1. The summed E-state index contributed by atoms with van der Waals surface area (Å²) in [5.74, 6) is -0.206. The zero-order valence-electron chi connectivity index (χ0n) is 13.0. The zero-order chi connectivity index (χ0) is 15.4. The highest BCUT2D eigenvalue weighted by Crippen LogP contribution is 2.17. The van der Waals surface area contributed by atoms with Crippen LogP contribution in [0.25, 0.3) is 0 Å². The fourth-order valence-electron chi connectivity index (χ4n) is 2.87. The van der Waals surface area contributed by atoms with E-state index in [1.54, 1.807) is 6.08 Å². The topological polar surface area (TPSA) is 48.7 Å². The van der Waals surface area contributed by atoms with E-state index < -0.39 is 0 Å². The quantitative estimate of drug-likeness (QED) is 0.830. The van der Waals surface area contributed by atoms with Gasteiger partial charge in [0.05, 0.1) is 6.20 Å². The number of piperidine rings is 1. The van der Waals surface area contributed by atoms with Gasteiger partial charge in [0.1, 0.15) is 0 Å². The van der Waals surface area contributed by atoms with Crippen molar-refractivity contribution in [2.45, 2.75) is 32.0 Å². The number of hydrogen-bond acceptors (Lipinski definition) is 4. The van der Waals surface area contributed by atoms with E-state index in [2.05, 4.69) is 30.5 Å². The molecule has 0 atom stereocenters. The van der Waals surface area contributed by atoms with Crippen LogP contribution < -0.4 is 5.43 Å². The summed E-state index contributed by atoms with van der Waals surface area (Å²) in [6.45, 7) is 7.25. The summed E-state index contributed by atoms with van der Waals surface area (Å²) in [6, 6.07) is 2.08. The van der Waals surface area contributed by atoms with Gasteiger partial charge in [0.25, 0.3) is 0 Å². The lowest BCUT2D eigenvalue weighted by atomic mass is 10.0. The Kier molecular flexibility index (Phi) is 5.20. The van der Waals surface area contributed by atoms with E-state index in [1.165, 1.54) is 12.3 Å². The standard InChI is InChI=1S/C16H25N3O2/c1-4-7-19-12-16(21)15(20)10-14(19)11-18(3)13-5-8-17(2)9-6-13/h4,10,12-13,21H,1,5-9,11H2,2-3H3. The summed E-state index contributed by atoms with van der Waals surface area (Å²) < 4.78 is 1.88. The van der Waals surface area contributed by atoms with Gasteiger partial charge in [-0.2, -0.15) is 0 Å². The molecule has 0 unspecified atom stereocenters. The highest BCUT2D eigenvalue weighted by Gasteiger charge is 2.21. The molecule has 0 radical (unpaired) electrons. The van der Waals surface area contributed by atoms with E-state index in [-0.39, 0.29) is 11.2 Å². The number of hydrogen-bond donors (Lipinski definition) is 1. The molecule has 116 valence electrons. The molecule has 1 N–H and O–H groups in total. The van der Waals surface area contributed by atoms with Gasteiger partial charge in [-0.3, -0.25) is 9.69 Å². The first kappa shape index (κ1) is 15.8. The van der Waals surface area contributed by atoms with Gasteiger partial charge in [-0.25, -0.2) is 0 Å². The molecule has 1 aromatic heterocycles. The van der Waals surface area contributed by atoms with E-state index in [0.717, 1.165) is 31.6 Å². The minimum Gasteiger partial charge on any atom is -0.503 e. The molecule has 0 aliphatic carbocycles. The smallest absolute Gasteiger partial charge is 0.223 e. The molecule has 5 heteroatoms. The third kappa shape index (κ3) is 3.95. The second kappa shape index (κ2) is 6.91. The van der Waals surface area contributed by atoms with E-state index in [0.29, 0.717) is 19.1 Å². The van der Waals surface area contributed by atoms with Crippen LogP contribution in [0, 0.1) is 0 Å². The lowest BCUT2D eigenvalue weighted by Gasteiger charge is -2.35. The number of nitrogens with zero attached hydrogens (tertiary/aromatic N) is 3. The molecule has 5 nitrogen and oxygen atoms in total. The SMILES string of the molecule is C=CCn1cc(O)c(=O)cc1CN(C)C1CCN(C)CC1. The molecule has 1 aromatic rings. The molecule has 0 aromatic carbocycles. The molecule has 21 heavy (non-hydrogen) atoms. The number of aromatic nitrogens is 1.